The van der Waals surface area contributed by atoms with E-state index in [0.717, 1.165) is 36.8 Å². The zero-order chi connectivity index (χ0) is 17.0. The maximum atomic E-state index is 5.69. The lowest BCUT2D eigenvalue weighted by atomic mass is 10.2. The highest BCUT2D eigenvalue weighted by atomic mass is 32.1. The van der Waals surface area contributed by atoms with Crippen molar-refractivity contribution < 1.29 is 9.47 Å². The summed E-state index contributed by atoms with van der Waals surface area (Å²) in [4.78, 5) is 5.51. The highest BCUT2D eigenvalue weighted by Gasteiger charge is 1.99. The van der Waals surface area contributed by atoms with Crippen molar-refractivity contribution in [2.45, 2.75) is 19.6 Å². The molecule has 0 amide bonds. The minimum atomic E-state index is 0.620. The van der Waals surface area contributed by atoms with Gasteiger partial charge in [0.25, 0.3) is 0 Å². The topological polar surface area (TPSA) is 54.9 Å². The monoisotopic (exact) mass is 347 g/mol. The summed E-state index contributed by atoms with van der Waals surface area (Å²) < 4.78 is 10.8. The molecule has 0 fully saturated rings. The number of hydrogen-bond acceptors (Lipinski definition) is 4. The van der Waals surface area contributed by atoms with Gasteiger partial charge >= 0.3 is 0 Å². The molecule has 0 saturated heterocycles. The number of benzene rings is 1. The van der Waals surface area contributed by atoms with E-state index in [-0.39, 0.29) is 0 Å². The van der Waals surface area contributed by atoms with E-state index in [1.807, 2.05) is 24.3 Å². The molecular formula is C18H25N3O2S. The SMILES string of the molecule is CN=C(NCCCOCc1ccc(OC)cc1)NCc1cccs1. The lowest BCUT2D eigenvalue weighted by molar-refractivity contribution is 0.119. The third-order valence-electron chi connectivity index (χ3n) is 3.42. The number of nitrogens with one attached hydrogen (secondary N) is 2. The van der Waals surface area contributed by atoms with E-state index in [0.29, 0.717) is 13.2 Å². The third-order valence-corrected chi connectivity index (χ3v) is 4.30. The third kappa shape index (κ3) is 6.60. The van der Waals surface area contributed by atoms with Crippen molar-refractivity contribution in [3.8, 4) is 5.75 Å². The Morgan fingerprint density at radius 2 is 2.00 bits per heavy atom. The van der Waals surface area contributed by atoms with Crippen LogP contribution in [-0.2, 0) is 17.9 Å². The number of rotatable bonds is 9. The molecule has 6 heteroatoms. The first kappa shape index (κ1) is 18.3. The lowest BCUT2D eigenvalue weighted by Crippen LogP contribution is -2.37. The molecule has 1 aromatic heterocycles. The van der Waals surface area contributed by atoms with Crippen molar-refractivity contribution in [1.29, 1.82) is 0 Å². The fraction of sp³-hybridized carbons (Fsp3) is 0.389. The van der Waals surface area contributed by atoms with Gasteiger partial charge in [0, 0.05) is 25.1 Å². The molecular weight excluding hydrogens is 322 g/mol. The number of methoxy groups -OCH3 is 1. The zero-order valence-electron chi connectivity index (χ0n) is 14.2. The van der Waals surface area contributed by atoms with Crippen molar-refractivity contribution in [3.63, 3.8) is 0 Å². The van der Waals surface area contributed by atoms with Gasteiger partial charge in [0.1, 0.15) is 5.75 Å². The van der Waals surface area contributed by atoms with Crippen LogP contribution in [0.15, 0.2) is 46.8 Å². The Kier molecular flexibility index (Phi) is 8.13. The standard InChI is InChI=1S/C18H25N3O2S/c1-19-18(21-13-17-5-3-12-24-17)20-10-4-11-23-14-15-6-8-16(22-2)9-7-15/h3,5-9,12H,4,10-11,13-14H2,1-2H3,(H2,19,20,21). The summed E-state index contributed by atoms with van der Waals surface area (Å²) in [6.07, 6.45) is 0.926. The van der Waals surface area contributed by atoms with Crippen molar-refractivity contribution in [1.82, 2.24) is 10.6 Å². The largest absolute Gasteiger partial charge is 0.497 e. The second-order valence-corrected chi connectivity index (χ2v) is 6.22. The molecule has 2 aromatic rings. The Bertz CT molecular complexity index is 597. The summed E-state index contributed by atoms with van der Waals surface area (Å²) in [6, 6.07) is 12.1. The van der Waals surface area contributed by atoms with Crippen LogP contribution in [0.25, 0.3) is 0 Å². The normalized spacial score (nSPS) is 11.3. The van der Waals surface area contributed by atoms with Gasteiger partial charge in [0.05, 0.1) is 20.3 Å². The number of thiophene rings is 1. The maximum absolute atomic E-state index is 5.69. The van der Waals surface area contributed by atoms with Crippen LogP contribution in [0.3, 0.4) is 0 Å². The van der Waals surface area contributed by atoms with Crippen LogP contribution in [0.5, 0.6) is 5.75 Å². The minimum absolute atomic E-state index is 0.620. The summed E-state index contributed by atoms with van der Waals surface area (Å²) in [5.74, 6) is 1.68. The molecule has 0 unspecified atom stereocenters. The van der Waals surface area contributed by atoms with Gasteiger partial charge in [-0.05, 0) is 35.6 Å². The second kappa shape index (κ2) is 10.7. The van der Waals surface area contributed by atoms with E-state index in [4.69, 9.17) is 9.47 Å². The Hall–Kier alpha value is -2.05. The van der Waals surface area contributed by atoms with Crippen LogP contribution in [-0.4, -0.2) is 33.3 Å². The molecule has 0 aliphatic heterocycles. The molecule has 0 aliphatic carbocycles. The van der Waals surface area contributed by atoms with Crippen molar-refractivity contribution in [3.05, 3.63) is 52.2 Å². The lowest BCUT2D eigenvalue weighted by Gasteiger charge is -2.11. The molecule has 2 N–H and O–H groups in total. The predicted octanol–water partition coefficient (Wildman–Crippen LogP) is 3.03. The number of guanidine groups is 1. The van der Waals surface area contributed by atoms with E-state index in [2.05, 4.69) is 33.1 Å². The van der Waals surface area contributed by atoms with Crippen molar-refractivity contribution in [2.24, 2.45) is 4.99 Å². The number of hydrogen-bond donors (Lipinski definition) is 2. The van der Waals surface area contributed by atoms with Gasteiger partial charge in [0.15, 0.2) is 5.96 Å². The first-order valence-corrected chi connectivity index (χ1v) is 8.87. The van der Waals surface area contributed by atoms with E-state index >= 15 is 0 Å². The molecule has 5 nitrogen and oxygen atoms in total. The van der Waals surface area contributed by atoms with Gasteiger partial charge in [-0.3, -0.25) is 4.99 Å². The zero-order valence-corrected chi connectivity index (χ0v) is 15.1. The molecule has 0 aliphatic rings. The Morgan fingerprint density at radius 1 is 1.17 bits per heavy atom. The summed E-state index contributed by atoms with van der Waals surface area (Å²) in [6.45, 7) is 2.95. The molecule has 0 saturated carbocycles. The summed E-state index contributed by atoms with van der Waals surface area (Å²) in [7, 11) is 3.45. The quantitative estimate of drug-likeness (QED) is 0.416. The van der Waals surface area contributed by atoms with Gasteiger partial charge in [-0.15, -0.1) is 11.3 Å². The fourth-order valence-electron chi connectivity index (χ4n) is 2.10. The van der Waals surface area contributed by atoms with Gasteiger partial charge in [-0.1, -0.05) is 18.2 Å². The number of ether oxygens (including phenoxy) is 2. The van der Waals surface area contributed by atoms with Crippen molar-refractivity contribution >= 4 is 17.3 Å². The molecule has 0 bridgehead atoms. The number of aliphatic imine (C=N–C) groups is 1. The van der Waals surface area contributed by atoms with E-state index < -0.39 is 0 Å². The summed E-state index contributed by atoms with van der Waals surface area (Å²) in [5, 5.41) is 8.67. The average molecular weight is 347 g/mol. The highest BCUT2D eigenvalue weighted by molar-refractivity contribution is 7.09. The van der Waals surface area contributed by atoms with Crippen molar-refractivity contribution in [2.75, 3.05) is 27.3 Å². The smallest absolute Gasteiger partial charge is 0.191 e. The van der Waals surface area contributed by atoms with E-state index in [9.17, 15) is 0 Å². The van der Waals surface area contributed by atoms with E-state index in [1.54, 1.807) is 25.5 Å². The summed E-state index contributed by atoms with van der Waals surface area (Å²) >= 11 is 1.74. The molecule has 0 spiro atoms. The average Bonchev–Trinajstić information content (AvgIpc) is 3.14. The van der Waals surface area contributed by atoms with Gasteiger partial charge in [-0.25, -0.2) is 0 Å². The Balaban J connectivity index is 1.54. The molecule has 24 heavy (non-hydrogen) atoms. The van der Waals surface area contributed by atoms with Gasteiger partial charge in [0.2, 0.25) is 0 Å². The van der Waals surface area contributed by atoms with Crippen LogP contribution < -0.4 is 15.4 Å². The van der Waals surface area contributed by atoms with Crippen LogP contribution >= 0.6 is 11.3 Å². The maximum Gasteiger partial charge on any atom is 0.191 e. The molecule has 130 valence electrons. The van der Waals surface area contributed by atoms with Crippen LogP contribution in [0.1, 0.15) is 16.9 Å². The van der Waals surface area contributed by atoms with Crippen LogP contribution in [0.2, 0.25) is 0 Å². The van der Waals surface area contributed by atoms with Gasteiger partial charge in [-0.2, -0.15) is 0 Å². The first-order valence-electron chi connectivity index (χ1n) is 7.99. The molecule has 0 atom stereocenters. The van der Waals surface area contributed by atoms with Crippen LogP contribution in [0.4, 0.5) is 0 Å². The highest BCUT2D eigenvalue weighted by Crippen LogP contribution is 2.11. The molecule has 1 heterocycles. The predicted molar refractivity (Wildman–Crippen MR) is 99.8 cm³/mol. The minimum Gasteiger partial charge on any atom is -0.497 e. The first-order chi connectivity index (χ1) is 11.8. The van der Waals surface area contributed by atoms with Crippen LogP contribution in [0, 0.1) is 0 Å². The summed E-state index contributed by atoms with van der Waals surface area (Å²) in [5.41, 5.74) is 1.15. The molecule has 2 rings (SSSR count). The molecule has 1 aromatic carbocycles. The fourth-order valence-corrected chi connectivity index (χ4v) is 2.74. The molecule has 0 radical (unpaired) electrons. The Morgan fingerprint density at radius 3 is 2.67 bits per heavy atom. The number of nitrogens with zero attached hydrogens (tertiary/aromatic N) is 1. The van der Waals surface area contributed by atoms with Gasteiger partial charge < -0.3 is 20.1 Å². The second-order valence-electron chi connectivity index (χ2n) is 5.19. The van der Waals surface area contributed by atoms with E-state index in [1.165, 1.54) is 4.88 Å². The Labute approximate surface area is 147 Å².